The van der Waals surface area contributed by atoms with E-state index >= 15 is 0 Å². The highest BCUT2D eigenvalue weighted by Gasteiger charge is 2.52. The van der Waals surface area contributed by atoms with Gasteiger partial charge in [-0.15, -0.1) is 0 Å². The third kappa shape index (κ3) is 1.53. The molecule has 5 N–H and O–H groups in total. The summed E-state index contributed by atoms with van der Waals surface area (Å²) < 4.78 is 6.41. The first-order chi connectivity index (χ1) is 9.09. The maximum absolute atomic E-state index is 10.7. The zero-order chi connectivity index (χ0) is 13.6. The predicted molar refractivity (Wildman–Crippen MR) is 62.8 cm³/mol. The Hall–Kier alpha value is -1.81. The summed E-state index contributed by atoms with van der Waals surface area (Å²) in [4.78, 5) is 11.8. The molecule has 2 aromatic heterocycles. The summed E-state index contributed by atoms with van der Waals surface area (Å²) in [5, 5.41) is 29.9. The number of hydrogen-bond acceptors (Lipinski definition) is 8. The summed E-state index contributed by atoms with van der Waals surface area (Å²) >= 11 is 0. The molecule has 9 nitrogen and oxygen atoms in total. The molecule has 1 fully saturated rings. The van der Waals surface area contributed by atoms with Crippen LogP contribution in [0.5, 0.6) is 0 Å². The van der Waals surface area contributed by atoms with Gasteiger partial charge in [-0.25, -0.2) is 15.0 Å². The second-order valence-corrected chi connectivity index (χ2v) is 4.35. The van der Waals surface area contributed by atoms with Crippen LogP contribution in [0.3, 0.4) is 0 Å². The van der Waals surface area contributed by atoms with Gasteiger partial charge >= 0.3 is 0 Å². The van der Waals surface area contributed by atoms with E-state index in [2.05, 4.69) is 15.0 Å². The zero-order valence-corrected chi connectivity index (χ0v) is 9.84. The second kappa shape index (κ2) is 4.10. The zero-order valence-electron chi connectivity index (χ0n) is 9.84. The monoisotopic (exact) mass is 267 g/mol. The van der Waals surface area contributed by atoms with Crippen LogP contribution in [-0.2, 0) is 10.5 Å². The van der Waals surface area contributed by atoms with Gasteiger partial charge in [0.2, 0.25) is 5.72 Å². The minimum Gasteiger partial charge on any atom is -0.393 e. The van der Waals surface area contributed by atoms with Crippen molar-refractivity contribution in [3.05, 3.63) is 12.7 Å². The van der Waals surface area contributed by atoms with Crippen LogP contribution in [0.15, 0.2) is 12.7 Å². The van der Waals surface area contributed by atoms with Gasteiger partial charge in [0, 0.05) is 0 Å². The maximum Gasteiger partial charge on any atom is 0.202 e. The molecule has 1 saturated heterocycles. The van der Waals surface area contributed by atoms with E-state index in [0.717, 1.165) is 0 Å². The first-order valence-corrected chi connectivity index (χ1v) is 5.66. The third-order valence-electron chi connectivity index (χ3n) is 3.33. The Kier molecular flexibility index (Phi) is 2.64. The van der Waals surface area contributed by atoms with Gasteiger partial charge in [0.1, 0.15) is 24.1 Å². The number of anilines is 1. The van der Waals surface area contributed by atoms with Crippen LogP contribution in [0.25, 0.3) is 11.2 Å². The van der Waals surface area contributed by atoms with Gasteiger partial charge in [0.05, 0.1) is 19.5 Å². The molecule has 2 aromatic rings. The van der Waals surface area contributed by atoms with Crippen molar-refractivity contribution >= 4 is 17.0 Å². The van der Waals surface area contributed by atoms with Crippen LogP contribution >= 0.6 is 0 Å². The number of aromatic nitrogens is 4. The van der Waals surface area contributed by atoms with Gasteiger partial charge < -0.3 is 25.8 Å². The highest BCUT2D eigenvalue weighted by Crippen LogP contribution is 2.33. The molecule has 3 rings (SSSR count). The van der Waals surface area contributed by atoms with E-state index in [1.807, 2.05) is 0 Å². The van der Waals surface area contributed by atoms with Crippen molar-refractivity contribution < 1.29 is 20.1 Å². The summed E-state index contributed by atoms with van der Waals surface area (Å²) in [6, 6.07) is 0. The van der Waals surface area contributed by atoms with Crippen LogP contribution in [0, 0.1) is 0 Å². The van der Waals surface area contributed by atoms with Crippen LogP contribution < -0.4 is 5.73 Å². The van der Waals surface area contributed by atoms with Crippen molar-refractivity contribution in [3.8, 4) is 0 Å². The molecule has 1 aliphatic heterocycles. The van der Waals surface area contributed by atoms with E-state index < -0.39 is 24.5 Å². The average molecular weight is 267 g/mol. The lowest BCUT2D eigenvalue weighted by Gasteiger charge is -2.31. The van der Waals surface area contributed by atoms with Gasteiger partial charge in [-0.3, -0.25) is 4.57 Å². The van der Waals surface area contributed by atoms with Gasteiger partial charge in [-0.2, -0.15) is 0 Å². The molecule has 0 aromatic carbocycles. The fraction of sp³-hybridized carbons (Fsp3) is 0.500. The Morgan fingerprint density at radius 1 is 1.47 bits per heavy atom. The molecule has 1 aliphatic rings. The fourth-order valence-corrected chi connectivity index (χ4v) is 2.28. The maximum atomic E-state index is 10.7. The standard InChI is InChI=1S/C10H13N5O4/c11-8-7-9(13-3-12-8)15(4-14-7)10(18)5(17)2-19-6(10)1-16/h3-6,16-18H,1-2H2,(H2,11,12,13)/t5-,6+,10+/m0/s1. The largest absolute Gasteiger partial charge is 0.393 e. The lowest BCUT2D eigenvalue weighted by Crippen LogP contribution is -2.50. The first-order valence-electron chi connectivity index (χ1n) is 5.66. The number of nitrogen functional groups attached to an aromatic ring is 1. The first kappa shape index (κ1) is 12.2. The molecule has 3 atom stereocenters. The van der Waals surface area contributed by atoms with Crippen molar-refractivity contribution in [2.45, 2.75) is 17.9 Å². The van der Waals surface area contributed by atoms with Crippen molar-refractivity contribution in [1.29, 1.82) is 0 Å². The Morgan fingerprint density at radius 2 is 2.26 bits per heavy atom. The number of fused-ring (bicyclic) bond motifs is 1. The minimum absolute atomic E-state index is 0.0953. The molecule has 0 radical (unpaired) electrons. The smallest absolute Gasteiger partial charge is 0.202 e. The predicted octanol–water partition coefficient (Wildman–Crippen LogP) is -2.19. The van der Waals surface area contributed by atoms with Crippen molar-refractivity contribution in [3.63, 3.8) is 0 Å². The van der Waals surface area contributed by atoms with E-state index in [1.165, 1.54) is 17.2 Å². The Morgan fingerprint density at radius 3 is 3.00 bits per heavy atom. The molecule has 19 heavy (non-hydrogen) atoms. The molecule has 0 spiro atoms. The number of rotatable bonds is 2. The van der Waals surface area contributed by atoms with Crippen molar-refractivity contribution in [2.24, 2.45) is 0 Å². The third-order valence-corrected chi connectivity index (χ3v) is 3.33. The molecule has 0 aliphatic carbocycles. The SMILES string of the molecule is Nc1ncnc2c1ncn2[C@@]1(O)[C@@H](O)CO[C@@H]1CO. The van der Waals surface area contributed by atoms with Crippen molar-refractivity contribution in [2.75, 3.05) is 18.9 Å². The van der Waals surface area contributed by atoms with Gasteiger partial charge in [-0.05, 0) is 0 Å². The van der Waals surface area contributed by atoms with Crippen LogP contribution in [0.4, 0.5) is 5.82 Å². The van der Waals surface area contributed by atoms with Crippen molar-refractivity contribution in [1.82, 2.24) is 19.5 Å². The lowest BCUT2D eigenvalue weighted by molar-refractivity contribution is -0.148. The number of imidazole rings is 1. The Bertz CT molecular complexity index is 617. The quantitative estimate of drug-likeness (QED) is 0.481. The average Bonchev–Trinajstić information content (AvgIpc) is 2.94. The summed E-state index contributed by atoms with van der Waals surface area (Å²) in [5.74, 6) is 0.168. The number of nitrogens with two attached hydrogens (primary N) is 1. The van der Waals surface area contributed by atoms with Crippen LogP contribution in [0.1, 0.15) is 0 Å². The summed E-state index contributed by atoms with van der Waals surface area (Å²) in [5.41, 5.74) is 4.39. The molecule has 0 amide bonds. The summed E-state index contributed by atoms with van der Waals surface area (Å²) in [6.45, 7) is -0.546. The molecule has 0 unspecified atom stereocenters. The number of ether oxygens (including phenoxy) is 1. The Balaban J connectivity index is 2.20. The molecule has 0 bridgehead atoms. The number of hydrogen-bond donors (Lipinski definition) is 4. The number of aliphatic hydroxyl groups is 3. The molecule has 102 valence electrons. The van der Waals surface area contributed by atoms with Gasteiger partial charge in [0.25, 0.3) is 0 Å². The highest BCUT2D eigenvalue weighted by atomic mass is 16.6. The Labute approximate surface area is 107 Å². The molecular formula is C10H13N5O4. The van der Waals surface area contributed by atoms with Crippen LogP contribution in [-0.4, -0.2) is 60.3 Å². The van der Waals surface area contributed by atoms with E-state index in [-0.39, 0.29) is 18.1 Å². The minimum atomic E-state index is -1.84. The van der Waals surface area contributed by atoms with E-state index in [4.69, 9.17) is 10.5 Å². The molecular weight excluding hydrogens is 254 g/mol. The van der Waals surface area contributed by atoms with E-state index in [1.54, 1.807) is 0 Å². The van der Waals surface area contributed by atoms with Crippen LogP contribution in [0.2, 0.25) is 0 Å². The lowest BCUT2D eigenvalue weighted by atomic mass is 10.0. The highest BCUT2D eigenvalue weighted by molar-refractivity contribution is 5.81. The van der Waals surface area contributed by atoms with E-state index in [9.17, 15) is 15.3 Å². The molecule has 0 saturated carbocycles. The topological polar surface area (TPSA) is 140 Å². The molecule has 9 heteroatoms. The normalized spacial score (nSPS) is 31.1. The summed E-state index contributed by atoms with van der Waals surface area (Å²) in [6.07, 6.45) is 0.334. The second-order valence-electron chi connectivity index (χ2n) is 4.35. The summed E-state index contributed by atoms with van der Waals surface area (Å²) in [7, 11) is 0. The fourth-order valence-electron chi connectivity index (χ4n) is 2.28. The molecule has 3 heterocycles. The number of aliphatic hydroxyl groups excluding tert-OH is 2. The number of nitrogens with zero attached hydrogens (tertiary/aromatic N) is 4. The van der Waals surface area contributed by atoms with Gasteiger partial charge in [0.15, 0.2) is 11.5 Å². The van der Waals surface area contributed by atoms with Gasteiger partial charge in [-0.1, -0.05) is 0 Å². The van der Waals surface area contributed by atoms with E-state index in [0.29, 0.717) is 5.52 Å².